The first kappa shape index (κ1) is 12.1. The zero-order chi connectivity index (χ0) is 12.3. The molecule has 0 spiro atoms. The van der Waals surface area contributed by atoms with E-state index in [9.17, 15) is 9.90 Å². The van der Waals surface area contributed by atoms with Gasteiger partial charge in [-0.2, -0.15) is 0 Å². The van der Waals surface area contributed by atoms with Crippen LogP contribution in [0.25, 0.3) is 0 Å². The number of carboxylic acid groups (broad SMARTS) is 1. The van der Waals surface area contributed by atoms with Crippen molar-refractivity contribution in [2.24, 2.45) is 0 Å². The Balaban J connectivity index is 2.45. The molecule has 17 heavy (non-hydrogen) atoms. The van der Waals surface area contributed by atoms with Crippen LogP contribution in [0, 0.1) is 0 Å². The Hall–Kier alpha value is -1.35. The SMILES string of the molecule is CCC(C(=O)O)(c1ccccc1)N1CCCC1. The van der Waals surface area contributed by atoms with Crippen LogP contribution in [0.15, 0.2) is 30.3 Å². The molecule has 3 nitrogen and oxygen atoms in total. The number of hydrogen-bond donors (Lipinski definition) is 1. The molecule has 0 aromatic heterocycles. The number of benzene rings is 1. The monoisotopic (exact) mass is 233 g/mol. The Morgan fingerprint density at radius 1 is 1.29 bits per heavy atom. The zero-order valence-corrected chi connectivity index (χ0v) is 10.2. The maximum atomic E-state index is 11.8. The highest BCUT2D eigenvalue weighted by atomic mass is 16.4. The van der Waals surface area contributed by atoms with Crippen molar-refractivity contribution in [1.29, 1.82) is 0 Å². The molecule has 92 valence electrons. The van der Waals surface area contributed by atoms with Crippen LogP contribution in [0.4, 0.5) is 0 Å². The third-order valence-corrected chi connectivity index (χ3v) is 3.76. The molecule has 1 atom stereocenters. The molecule has 0 aliphatic carbocycles. The van der Waals surface area contributed by atoms with Crippen LogP contribution in [-0.2, 0) is 10.3 Å². The Morgan fingerprint density at radius 3 is 2.35 bits per heavy atom. The lowest BCUT2D eigenvalue weighted by Gasteiger charge is -2.37. The standard InChI is InChI=1S/C14H19NO2/c1-2-14(13(16)17,15-10-6-7-11-15)12-8-4-3-5-9-12/h3-5,8-9H,2,6-7,10-11H2,1H3,(H,16,17). The van der Waals surface area contributed by atoms with Crippen molar-refractivity contribution >= 4 is 5.97 Å². The molecule has 1 aromatic carbocycles. The lowest BCUT2D eigenvalue weighted by Crippen LogP contribution is -2.50. The fourth-order valence-electron chi connectivity index (χ4n) is 2.83. The van der Waals surface area contributed by atoms with Crippen molar-refractivity contribution in [1.82, 2.24) is 4.90 Å². The molecule has 1 unspecified atom stereocenters. The summed E-state index contributed by atoms with van der Waals surface area (Å²) in [4.78, 5) is 13.9. The van der Waals surface area contributed by atoms with Gasteiger partial charge < -0.3 is 5.11 Å². The maximum absolute atomic E-state index is 11.8. The van der Waals surface area contributed by atoms with Gasteiger partial charge in [-0.3, -0.25) is 4.90 Å². The Kier molecular flexibility index (Phi) is 3.48. The highest BCUT2D eigenvalue weighted by molar-refractivity contribution is 5.80. The molecule has 1 aliphatic heterocycles. The summed E-state index contributed by atoms with van der Waals surface area (Å²) in [5, 5.41) is 9.70. The van der Waals surface area contributed by atoms with Crippen molar-refractivity contribution in [2.75, 3.05) is 13.1 Å². The van der Waals surface area contributed by atoms with Gasteiger partial charge in [-0.15, -0.1) is 0 Å². The van der Waals surface area contributed by atoms with E-state index in [4.69, 9.17) is 0 Å². The molecule has 2 rings (SSSR count). The molecule has 1 fully saturated rings. The predicted octanol–water partition coefficient (Wildman–Crippen LogP) is 2.47. The van der Waals surface area contributed by atoms with Gasteiger partial charge in [-0.25, -0.2) is 4.79 Å². The van der Waals surface area contributed by atoms with E-state index < -0.39 is 11.5 Å². The van der Waals surface area contributed by atoms with Crippen molar-refractivity contribution in [2.45, 2.75) is 31.7 Å². The molecule has 0 amide bonds. The average molecular weight is 233 g/mol. The number of aliphatic carboxylic acids is 1. The van der Waals surface area contributed by atoms with E-state index in [0.29, 0.717) is 6.42 Å². The molecule has 0 bridgehead atoms. The van der Waals surface area contributed by atoms with E-state index in [1.807, 2.05) is 37.3 Å². The summed E-state index contributed by atoms with van der Waals surface area (Å²) in [5.74, 6) is -0.729. The minimum Gasteiger partial charge on any atom is -0.480 e. The highest BCUT2D eigenvalue weighted by Gasteiger charge is 2.45. The third-order valence-electron chi connectivity index (χ3n) is 3.76. The van der Waals surface area contributed by atoms with Gasteiger partial charge >= 0.3 is 5.97 Å². The van der Waals surface area contributed by atoms with Crippen LogP contribution >= 0.6 is 0 Å². The fourth-order valence-corrected chi connectivity index (χ4v) is 2.83. The number of carbonyl (C=O) groups is 1. The summed E-state index contributed by atoms with van der Waals surface area (Å²) in [5.41, 5.74) is 0.0644. The minimum absolute atomic E-state index is 0.604. The number of nitrogens with zero attached hydrogens (tertiary/aromatic N) is 1. The summed E-state index contributed by atoms with van der Waals surface area (Å²) in [6.07, 6.45) is 2.80. The lowest BCUT2D eigenvalue weighted by molar-refractivity contribution is -0.152. The summed E-state index contributed by atoms with van der Waals surface area (Å²) in [6.45, 7) is 3.73. The van der Waals surface area contributed by atoms with Crippen LogP contribution in [0.2, 0.25) is 0 Å². The Labute approximate surface area is 102 Å². The summed E-state index contributed by atoms with van der Waals surface area (Å²) >= 11 is 0. The number of rotatable bonds is 4. The first-order chi connectivity index (χ1) is 8.21. The zero-order valence-electron chi connectivity index (χ0n) is 10.2. The van der Waals surface area contributed by atoms with Crippen LogP contribution < -0.4 is 0 Å². The Bertz CT molecular complexity index is 384. The quantitative estimate of drug-likeness (QED) is 0.868. The maximum Gasteiger partial charge on any atom is 0.328 e. The van der Waals surface area contributed by atoms with Gasteiger partial charge in [0, 0.05) is 0 Å². The molecular weight excluding hydrogens is 214 g/mol. The molecule has 1 N–H and O–H groups in total. The van der Waals surface area contributed by atoms with Crippen molar-refractivity contribution in [3.8, 4) is 0 Å². The fraction of sp³-hybridized carbons (Fsp3) is 0.500. The van der Waals surface area contributed by atoms with Gasteiger partial charge in [-0.1, -0.05) is 37.3 Å². The van der Waals surface area contributed by atoms with E-state index >= 15 is 0 Å². The normalized spacial score (nSPS) is 20.1. The van der Waals surface area contributed by atoms with Crippen molar-refractivity contribution in [3.05, 3.63) is 35.9 Å². The van der Waals surface area contributed by atoms with Gasteiger partial charge in [0.2, 0.25) is 0 Å². The summed E-state index contributed by atoms with van der Waals surface area (Å²) in [7, 11) is 0. The van der Waals surface area contributed by atoms with E-state index in [1.54, 1.807) is 0 Å². The summed E-state index contributed by atoms with van der Waals surface area (Å²) in [6, 6.07) is 9.61. The number of carboxylic acids is 1. The molecule has 1 heterocycles. The average Bonchev–Trinajstić information content (AvgIpc) is 2.86. The largest absolute Gasteiger partial charge is 0.480 e. The second-order valence-corrected chi connectivity index (χ2v) is 4.58. The molecule has 1 aromatic rings. The van der Waals surface area contributed by atoms with E-state index in [1.165, 1.54) is 0 Å². The molecule has 1 saturated heterocycles. The first-order valence-corrected chi connectivity index (χ1v) is 6.26. The summed E-state index contributed by atoms with van der Waals surface area (Å²) < 4.78 is 0. The van der Waals surface area contributed by atoms with Gasteiger partial charge in [0.15, 0.2) is 0 Å². The third kappa shape index (κ3) is 1.95. The van der Waals surface area contributed by atoms with Gasteiger partial charge in [0.1, 0.15) is 5.54 Å². The van der Waals surface area contributed by atoms with Crippen molar-refractivity contribution in [3.63, 3.8) is 0 Å². The van der Waals surface area contributed by atoms with E-state index in [0.717, 1.165) is 31.5 Å². The van der Waals surface area contributed by atoms with Crippen LogP contribution in [0.1, 0.15) is 31.7 Å². The van der Waals surface area contributed by atoms with Crippen LogP contribution in [0.3, 0.4) is 0 Å². The van der Waals surface area contributed by atoms with Crippen molar-refractivity contribution < 1.29 is 9.90 Å². The molecule has 0 saturated carbocycles. The molecule has 1 aliphatic rings. The smallest absolute Gasteiger partial charge is 0.328 e. The molecular formula is C14H19NO2. The highest BCUT2D eigenvalue weighted by Crippen LogP contribution is 2.35. The van der Waals surface area contributed by atoms with Crippen LogP contribution in [-0.4, -0.2) is 29.1 Å². The van der Waals surface area contributed by atoms with Gasteiger partial charge in [0.25, 0.3) is 0 Å². The number of hydrogen-bond acceptors (Lipinski definition) is 2. The van der Waals surface area contributed by atoms with Gasteiger partial charge in [-0.05, 0) is 37.9 Å². The predicted molar refractivity (Wildman–Crippen MR) is 66.9 cm³/mol. The van der Waals surface area contributed by atoms with Crippen LogP contribution in [0.5, 0.6) is 0 Å². The van der Waals surface area contributed by atoms with Gasteiger partial charge in [0.05, 0.1) is 0 Å². The second kappa shape index (κ2) is 4.88. The molecule has 0 radical (unpaired) electrons. The second-order valence-electron chi connectivity index (χ2n) is 4.58. The lowest BCUT2D eigenvalue weighted by atomic mass is 9.85. The minimum atomic E-state index is -0.836. The number of likely N-dealkylation sites (tertiary alicyclic amines) is 1. The topological polar surface area (TPSA) is 40.5 Å². The Morgan fingerprint density at radius 2 is 1.88 bits per heavy atom. The van der Waals surface area contributed by atoms with E-state index in [-0.39, 0.29) is 0 Å². The van der Waals surface area contributed by atoms with E-state index in [2.05, 4.69) is 4.90 Å². The molecule has 3 heteroatoms. The first-order valence-electron chi connectivity index (χ1n) is 6.26.